The first kappa shape index (κ1) is 13.8. The molecule has 2 aliphatic rings. The molecule has 1 amide bonds. The molecule has 18 heavy (non-hydrogen) atoms. The number of ether oxygens (including phenoxy) is 1. The van der Waals surface area contributed by atoms with E-state index in [0.717, 1.165) is 38.9 Å². The summed E-state index contributed by atoms with van der Waals surface area (Å²) in [6.07, 6.45) is 3.34. The summed E-state index contributed by atoms with van der Waals surface area (Å²) in [5, 5.41) is 3.39. The predicted molar refractivity (Wildman–Crippen MR) is 71.3 cm³/mol. The minimum absolute atomic E-state index is 0.0128. The summed E-state index contributed by atoms with van der Waals surface area (Å²) in [5.74, 6) is 0. The summed E-state index contributed by atoms with van der Waals surface area (Å²) in [5.41, 5.74) is -0.392. The maximum atomic E-state index is 12.7. The van der Waals surface area contributed by atoms with Crippen LogP contribution in [-0.2, 0) is 4.74 Å². The van der Waals surface area contributed by atoms with Crippen LogP contribution in [0.1, 0.15) is 47.0 Å². The number of hydrogen-bond donors (Lipinski definition) is 1. The zero-order valence-electron chi connectivity index (χ0n) is 12.2. The molecule has 0 bridgehead atoms. The van der Waals surface area contributed by atoms with Crippen LogP contribution in [0.5, 0.6) is 0 Å². The molecule has 2 heterocycles. The number of carbonyl (C=O) groups excluding carboxylic acids is 1. The van der Waals surface area contributed by atoms with Crippen molar-refractivity contribution in [1.29, 1.82) is 0 Å². The lowest BCUT2D eigenvalue weighted by Crippen LogP contribution is -2.63. The molecule has 104 valence electrons. The quantitative estimate of drug-likeness (QED) is 0.731. The first-order chi connectivity index (χ1) is 8.36. The molecule has 2 fully saturated rings. The molecule has 2 rings (SSSR count). The van der Waals surface area contributed by atoms with Gasteiger partial charge in [-0.3, -0.25) is 0 Å². The van der Waals surface area contributed by atoms with Crippen LogP contribution >= 0.6 is 0 Å². The van der Waals surface area contributed by atoms with Crippen molar-refractivity contribution in [3.63, 3.8) is 0 Å². The third-order valence-corrected chi connectivity index (χ3v) is 4.36. The van der Waals surface area contributed by atoms with E-state index >= 15 is 0 Å². The van der Waals surface area contributed by atoms with E-state index in [0.29, 0.717) is 16.6 Å². The molecule has 0 saturated carbocycles. The van der Waals surface area contributed by atoms with Gasteiger partial charge in [0.05, 0.1) is 12.6 Å². The molecule has 2 saturated heterocycles. The first-order valence-corrected chi connectivity index (χ1v) is 7.18. The molecule has 0 spiro atoms. The average molecular weight is 255 g/mol. The van der Waals surface area contributed by atoms with Crippen LogP contribution in [0.25, 0.3) is 0 Å². The fourth-order valence-corrected chi connectivity index (χ4v) is 3.44. The number of likely N-dealkylation sites (tertiary alicyclic amines) is 1. The largest absolute Gasteiger partial charge is 0.517 e. The van der Waals surface area contributed by atoms with Crippen molar-refractivity contribution in [1.82, 2.24) is 5.32 Å². The molecule has 1 unspecified atom stereocenters. The monoisotopic (exact) mass is 255 g/mol. The summed E-state index contributed by atoms with van der Waals surface area (Å²) in [4.78, 5) is 12.7. The molecule has 0 radical (unpaired) electrons. The van der Waals surface area contributed by atoms with E-state index < -0.39 is 5.60 Å². The number of hydrogen-bond acceptors (Lipinski definition) is 3. The zero-order valence-corrected chi connectivity index (χ0v) is 12.2. The number of quaternary nitrogens is 1. The van der Waals surface area contributed by atoms with Crippen molar-refractivity contribution in [2.24, 2.45) is 0 Å². The van der Waals surface area contributed by atoms with Gasteiger partial charge < -0.3 is 10.1 Å². The highest BCUT2D eigenvalue weighted by atomic mass is 16.6. The Labute approximate surface area is 110 Å². The fourth-order valence-electron chi connectivity index (χ4n) is 3.44. The van der Waals surface area contributed by atoms with Crippen molar-refractivity contribution in [2.45, 2.75) is 64.6 Å². The van der Waals surface area contributed by atoms with Crippen LogP contribution in [-0.4, -0.2) is 47.9 Å². The van der Waals surface area contributed by atoms with E-state index in [1.165, 1.54) is 0 Å². The number of rotatable bonds is 1. The zero-order chi connectivity index (χ0) is 13.4. The normalized spacial score (nSPS) is 36.9. The Morgan fingerprint density at radius 2 is 2.06 bits per heavy atom. The van der Waals surface area contributed by atoms with Crippen molar-refractivity contribution in [2.75, 3.05) is 19.6 Å². The molecule has 0 aromatic rings. The highest BCUT2D eigenvalue weighted by molar-refractivity contribution is 5.61. The van der Waals surface area contributed by atoms with Crippen molar-refractivity contribution in [3.8, 4) is 0 Å². The summed E-state index contributed by atoms with van der Waals surface area (Å²) >= 11 is 0. The Kier molecular flexibility index (Phi) is 3.70. The smallest absolute Gasteiger partial charge is 0.414 e. The van der Waals surface area contributed by atoms with Gasteiger partial charge in [0.2, 0.25) is 0 Å². The van der Waals surface area contributed by atoms with E-state index in [1.807, 2.05) is 20.8 Å². The lowest BCUT2D eigenvalue weighted by molar-refractivity contribution is -0.890. The molecular formula is C14H27N2O2+. The van der Waals surface area contributed by atoms with Crippen molar-refractivity contribution in [3.05, 3.63) is 0 Å². The van der Waals surface area contributed by atoms with Gasteiger partial charge in [-0.2, -0.15) is 4.79 Å². The van der Waals surface area contributed by atoms with Crippen LogP contribution in [0.2, 0.25) is 0 Å². The lowest BCUT2D eigenvalue weighted by Gasteiger charge is -2.40. The van der Waals surface area contributed by atoms with E-state index in [2.05, 4.69) is 12.2 Å². The van der Waals surface area contributed by atoms with Crippen LogP contribution in [0, 0.1) is 0 Å². The van der Waals surface area contributed by atoms with E-state index in [4.69, 9.17) is 4.74 Å². The van der Waals surface area contributed by atoms with Crippen LogP contribution in [0.3, 0.4) is 0 Å². The van der Waals surface area contributed by atoms with Gasteiger partial charge in [-0.1, -0.05) is 0 Å². The fraction of sp³-hybridized carbons (Fsp3) is 0.929. The third kappa shape index (κ3) is 2.41. The summed E-state index contributed by atoms with van der Waals surface area (Å²) < 4.78 is 6.26. The summed E-state index contributed by atoms with van der Waals surface area (Å²) in [7, 11) is 0. The van der Waals surface area contributed by atoms with Gasteiger partial charge in [-0.05, 0) is 27.7 Å². The Morgan fingerprint density at radius 3 is 2.50 bits per heavy atom. The van der Waals surface area contributed by atoms with Gasteiger partial charge in [0.15, 0.2) is 0 Å². The molecule has 4 nitrogen and oxygen atoms in total. The second kappa shape index (κ2) is 4.82. The second-order valence-electron chi connectivity index (χ2n) is 6.77. The van der Waals surface area contributed by atoms with Gasteiger partial charge in [-0.25, -0.2) is 4.48 Å². The van der Waals surface area contributed by atoms with Crippen LogP contribution in [0.4, 0.5) is 4.79 Å². The standard InChI is InChI=1S/C14H27N2O2/c1-11-6-5-9-16(11,12-7-8-15-10-12)13(17)18-14(2,3)4/h11-12,15H,5-10H2,1-4H3/q+1/t11-,12+,16?/m0/s1. The minimum atomic E-state index is -0.392. The minimum Gasteiger partial charge on any atom is -0.414 e. The van der Waals surface area contributed by atoms with Gasteiger partial charge in [0.1, 0.15) is 11.6 Å². The van der Waals surface area contributed by atoms with Crippen LogP contribution < -0.4 is 5.32 Å². The highest BCUT2D eigenvalue weighted by Gasteiger charge is 2.54. The summed E-state index contributed by atoms with van der Waals surface area (Å²) in [6, 6.07) is 0.794. The van der Waals surface area contributed by atoms with Crippen molar-refractivity contribution < 1.29 is 14.0 Å². The topological polar surface area (TPSA) is 38.3 Å². The average Bonchev–Trinajstić information content (AvgIpc) is 2.83. The van der Waals surface area contributed by atoms with Crippen molar-refractivity contribution >= 4 is 6.09 Å². The summed E-state index contributed by atoms with van der Waals surface area (Å²) in [6.45, 7) is 11.0. The third-order valence-electron chi connectivity index (χ3n) is 4.36. The van der Waals surface area contributed by atoms with Gasteiger partial charge in [0, 0.05) is 32.4 Å². The number of nitrogens with one attached hydrogen (secondary N) is 1. The van der Waals surface area contributed by atoms with E-state index in [1.54, 1.807) is 0 Å². The van der Waals surface area contributed by atoms with Gasteiger partial charge in [-0.15, -0.1) is 0 Å². The first-order valence-electron chi connectivity index (χ1n) is 7.18. The molecule has 1 N–H and O–H groups in total. The Hall–Kier alpha value is -0.610. The molecule has 4 heteroatoms. The molecule has 0 aromatic carbocycles. The number of carbonyl (C=O) groups is 1. The molecule has 0 aromatic heterocycles. The molecular weight excluding hydrogens is 228 g/mol. The SMILES string of the molecule is C[C@H]1CCC[N+]1(C(=O)OC(C)(C)C)[C@@H]1CCNC1. The van der Waals surface area contributed by atoms with Crippen LogP contribution in [0.15, 0.2) is 0 Å². The maximum Gasteiger partial charge on any atom is 0.517 e. The Morgan fingerprint density at radius 1 is 1.33 bits per heavy atom. The molecule has 3 atom stereocenters. The molecule has 0 aliphatic carbocycles. The lowest BCUT2D eigenvalue weighted by atomic mass is 10.1. The predicted octanol–water partition coefficient (Wildman–Crippen LogP) is 2.28. The Bertz CT molecular complexity index is 318. The van der Waals surface area contributed by atoms with E-state index in [-0.39, 0.29) is 6.09 Å². The molecule has 2 aliphatic heterocycles. The van der Waals surface area contributed by atoms with Gasteiger partial charge in [0.25, 0.3) is 0 Å². The van der Waals surface area contributed by atoms with E-state index in [9.17, 15) is 4.79 Å². The Balaban J connectivity index is 2.22. The van der Waals surface area contributed by atoms with Gasteiger partial charge >= 0.3 is 6.09 Å². The number of amides is 1. The second-order valence-corrected chi connectivity index (χ2v) is 6.77. The maximum absolute atomic E-state index is 12.7. The highest BCUT2D eigenvalue weighted by Crippen LogP contribution is 2.35. The number of nitrogens with zero attached hydrogens (tertiary/aromatic N) is 1.